The molecule has 1 aliphatic carbocycles. The molecule has 0 atom stereocenters. The molecule has 0 radical (unpaired) electrons. The number of hydrogen-bond acceptors (Lipinski definition) is 6. The Bertz CT molecular complexity index is 857. The Morgan fingerprint density at radius 3 is 2.59 bits per heavy atom. The summed E-state index contributed by atoms with van der Waals surface area (Å²) in [6, 6.07) is 5.06. The van der Waals surface area contributed by atoms with Gasteiger partial charge in [-0.3, -0.25) is 14.6 Å². The monoisotopic (exact) mass is 402 g/mol. The van der Waals surface area contributed by atoms with Gasteiger partial charge in [0.2, 0.25) is 5.91 Å². The fourth-order valence-electron chi connectivity index (χ4n) is 3.77. The number of allylic oxidation sites excluding steroid dienone is 2. The minimum atomic E-state index is -0.384. The van der Waals surface area contributed by atoms with Crippen LogP contribution in [0.15, 0.2) is 34.5 Å². The number of ether oxygens (including phenoxy) is 1. The molecule has 2 fully saturated rings. The van der Waals surface area contributed by atoms with Crippen LogP contribution < -0.4 is 15.4 Å². The molecule has 2 N–H and O–H groups in total. The first kappa shape index (κ1) is 20.8. The molecule has 0 aromatic heterocycles. The Hall–Kier alpha value is -2.90. The number of Topliss-reactive ketones (excluding diaryl/α,β-unsaturated/α-hetero) is 1. The van der Waals surface area contributed by atoms with Crippen molar-refractivity contribution in [1.82, 2.24) is 4.90 Å². The van der Waals surface area contributed by atoms with E-state index in [0.717, 1.165) is 30.5 Å². The second kappa shape index (κ2) is 9.07. The fraction of sp³-hybridized carbons (Fsp3) is 0.476. The lowest BCUT2D eigenvalue weighted by Gasteiger charge is -2.36. The summed E-state index contributed by atoms with van der Waals surface area (Å²) < 4.78 is 19.5. The van der Waals surface area contributed by atoms with E-state index in [1.807, 2.05) is 4.90 Å². The van der Waals surface area contributed by atoms with Gasteiger partial charge in [0.25, 0.3) is 0 Å². The molecule has 1 aromatic carbocycles. The van der Waals surface area contributed by atoms with Crippen LogP contribution in [0.3, 0.4) is 0 Å². The SMILES string of the molecule is COc1cccc(N2CCN(C(=O)CN=C3CCC/C3=C(/N)C(C)=O)CC2)c1F. The molecule has 1 aromatic rings. The highest BCUT2D eigenvalue weighted by Gasteiger charge is 2.25. The summed E-state index contributed by atoms with van der Waals surface area (Å²) >= 11 is 0. The van der Waals surface area contributed by atoms with Crippen molar-refractivity contribution < 1.29 is 18.7 Å². The standard InChI is InChI=1S/C21H27FN4O3/c1-14(27)21(23)15-5-3-6-16(15)24-13-19(28)26-11-9-25(10-12-26)17-7-4-8-18(29-2)20(17)22/h4,7-8H,3,5-6,9-13,23H2,1-2H3/b21-15-,24-16?. The molecule has 7 nitrogen and oxygen atoms in total. The minimum Gasteiger partial charge on any atom is -0.494 e. The Balaban J connectivity index is 1.60. The smallest absolute Gasteiger partial charge is 0.244 e. The number of carbonyl (C=O) groups excluding carboxylic acids is 2. The average Bonchev–Trinajstić information content (AvgIpc) is 3.20. The van der Waals surface area contributed by atoms with E-state index in [2.05, 4.69) is 4.99 Å². The summed E-state index contributed by atoms with van der Waals surface area (Å²) in [5.74, 6) is -0.412. The second-order valence-corrected chi connectivity index (χ2v) is 7.23. The highest BCUT2D eigenvalue weighted by molar-refractivity contribution is 6.09. The summed E-state index contributed by atoms with van der Waals surface area (Å²) in [6.07, 6.45) is 2.35. The van der Waals surface area contributed by atoms with Gasteiger partial charge in [0.05, 0.1) is 18.5 Å². The van der Waals surface area contributed by atoms with Crippen molar-refractivity contribution in [3.8, 4) is 5.75 Å². The van der Waals surface area contributed by atoms with Crippen LogP contribution in [-0.2, 0) is 9.59 Å². The van der Waals surface area contributed by atoms with Crippen LogP contribution >= 0.6 is 0 Å². The van der Waals surface area contributed by atoms with Crippen LogP contribution in [0.4, 0.5) is 10.1 Å². The van der Waals surface area contributed by atoms with Crippen LogP contribution in [0.5, 0.6) is 5.75 Å². The highest BCUT2D eigenvalue weighted by atomic mass is 19.1. The number of anilines is 1. The van der Waals surface area contributed by atoms with Gasteiger partial charge in [-0.05, 0) is 37.0 Å². The highest BCUT2D eigenvalue weighted by Crippen LogP contribution is 2.28. The number of nitrogens with zero attached hydrogens (tertiary/aromatic N) is 3. The lowest BCUT2D eigenvalue weighted by molar-refractivity contribution is -0.129. The first-order valence-corrected chi connectivity index (χ1v) is 9.80. The number of ketones is 1. The van der Waals surface area contributed by atoms with Gasteiger partial charge in [0.1, 0.15) is 6.54 Å². The first-order valence-electron chi connectivity index (χ1n) is 9.80. The molecule has 3 rings (SSSR count). The molecule has 29 heavy (non-hydrogen) atoms. The fourth-order valence-corrected chi connectivity index (χ4v) is 3.77. The van der Waals surface area contributed by atoms with Gasteiger partial charge in [-0.1, -0.05) is 6.07 Å². The van der Waals surface area contributed by atoms with E-state index < -0.39 is 0 Å². The first-order chi connectivity index (χ1) is 13.9. The number of rotatable bonds is 5. The average molecular weight is 402 g/mol. The molecule has 1 saturated heterocycles. The van der Waals surface area contributed by atoms with E-state index in [4.69, 9.17) is 10.5 Å². The number of hydrogen-bond donors (Lipinski definition) is 1. The summed E-state index contributed by atoms with van der Waals surface area (Å²) in [5, 5.41) is 0. The van der Waals surface area contributed by atoms with Crippen LogP contribution in [0, 0.1) is 5.82 Å². The van der Waals surface area contributed by atoms with Crippen molar-refractivity contribution in [1.29, 1.82) is 0 Å². The molecule has 0 bridgehead atoms. The van der Waals surface area contributed by atoms with Gasteiger partial charge in [-0.25, -0.2) is 4.39 Å². The molecule has 156 valence electrons. The number of piperazine rings is 1. The summed E-state index contributed by atoms with van der Waals surface area (Å²) in [5.41, 5.74) is 8.16. The number of halogens is 1. The number of aliphatic imine (C=N–C) groups is 1. The normalized spacial score (nSPS) is 20.2. The lowest BCUT2D eigenvalue weighted by Crippen LogP contribution is -2.49. The Kier molecular flexibility index (Phi) is 6.51. The van der Waals surface area contributed by atoms with Crippen molar-refractivity contribution in [3.05, 3.63) is 35.3 Å². The number of carbonyl (C=O) groups is 2. The topological polar surface area (TPSA) is 88.2 Å². The van der Waals surface area contributed by atoms with Crippen molar-refractivity contribution >= 4 is 23.1 Å². The van der Waals surface area contributed by atoms with Crippen LogP contribution in [0.25, 0.3) is 0 Å². The Morgan fingerprint density at radius 1 is 1.21 bits per heavy atom. The van der Waals surface area contributed by atoms with E-state index in [9.17, 15) is 14.0 Å². The zero-order valence-corrected chi connectivity index (χ0v) is 16.9. The predicted octanol–water partition coefficient (Wildman–Crippen LogP) is 1.91. The molecule has 8 heteroatoms. The van der Waals surface area contributed by atoms with Gasteiger partial charge in [-0.15, -0.1) is 0 Å². The minimum absolute atomic E-state index is 0.0392. The van der Waals surface area contributed by atoms with Gasteiger partial charge in [-0.2, -0.15) is 0 Å². The van der Waals surface area contributed by atoms with Gasteiger partial charge < -0.3 is 20.3 Å². The number of methoxy groups -OCH3 is 1. The number of nitrogens with two attached hydrogens (primary N) is 1. The maximum atomic E-state index is 14.5. The summed E-state index contributed by atoms with van der Waals surface area (Å²) in [4.78, 5) is 32.2. The maximum Gasteiger partial charge on any atom is 0.244 e. The van der Waals surface area contributed by atoms with E-state index in [1.54, 1.807) is 23.1 Å². The molecule has 0 unspecified atom stereocenters. The van der Waals surface area contributed by atoms with Crippen molar-refractivity contribution in [2.24, 2.45) is 10.7 Å². The van der Waals surface area contributed by atoms with E-state index in [0.29, 0.717) is 31.9 Å². The van der Waals surface area contributed by atoms with E-state index >= 15 is 0 Å². The van der Waals surface area contributed by atoms with Crippen LogP contribution in [-0.4, -0.2) is 62.1 Å². The lowest BCUT2D eigenvalue weighted by atomic mass is 10.1. The Labute approximate surface area is 170 Å². The molecule has 1 heterocycles. The second-order valence-electron chi connectivity index (χ2n) is 7.23. The van der Waals surface area contributed by atoms with Gasteiger partial charge in [0, 0.05) is 38.8 Å². The van der Waals surface area contributed by atoms with E-state index in [1.165, 1.54) is 14.0 Å². The van der Waals surface area contributed by atoms with Crippen molar-refractivity contribution in [2.75, 3.05) is 44.7 Å². The molecule has 0 spiro atoms. The quantitative estimate of drug-likeness (QED) is 0.760. The summed E-state index contributed by atoms with van der Waals surface area (Å²) in [7, 11) is 1.44. The molecule has 1 aliphatic heterocycles. The zero-order chi connectivity index (χ0) is 21.0. The maximum absolute atomic E-state index is 14.5. The third-order valence-corrected chi connectivity index (χ3v) is 5.43. The molecular formula is C21H27FN4O3. The molecule has 2 aliphatic rings. The predicted molar refractivity (Wildman–Crippen MR) is 110 cm³/mol. The van der Waals surface area contributed by atoms with Crippen molar-refractivity contribution in [2.45, 2.75) is 26.2 Å². The molecule has 1 saturated carbocycles. The van der Waals surface area contributed by atoms with E-state index in [-0.39, 0.29) is 35.5 Å². The Morgan fingerprint density at radius 2 is 1.93 bits per heavy atom. The van der Waals surface area contributed by atoms with Gasteiger partial charge in [0.15, 0.2) is 17.3 Å². The summed E-state index contributed by atoms with van der Waals surface area (Å²) in [6.45, 7) is 3.55. The number of amides is 1. The van der Waals surface area contributed by atoms with Crippen LogP contribution in [0.1, 0.15) is 26.2 Å². The third-order valence-electron chi connectivity index (χ3n) is 5.43. The molecule has 1 amide bonds. The van der Waals surface area contributed by atoms with Crippen LogP contribution in [0.2, 0.25) is 0 Å². The van der Waals surface area contributed by atoms with Crippen molar-refractivity contribution in [3.63, 3.8) is 0 Å². The number of benzene rings is 1. The third kappa shape index (κ3) is 4.58. The largest absolute Gasteiger partial charge is 0.494 e. The molecular weight excluding hydrogens is 375 g/mol. The zero-order valence-electron chi connectivity index (χ0n) is 16.9. The van der Waals surface area contributed by atoms with Gasteiger partial charge >= 0.3 is 0 Å².